The van der Waals surface area contributed by atoms with E-state index in [4.69, 9.17) is 0 Å². The molecule has 0 aliphatic heterocycles. The highest BCUT2D eigenvalue weighted by molar-refractivity contribution is 7.92. The SMILES string of the molecule is O=C(CS(=O)(=O)c1ccc(F)c(F)c1)C1CC1. The van der Waals surface area contributed by atoms with Gasteiger partial charge in [-0.15, -0.1) is 0 Å². The number of sulfone groups is 1. The molecule has 0 saturated heterocycles. The maximum atomic E-state index is 12.9. The molecular formula is C11H10F2O3S. The largest absolute Gasteiger partial charge is 0.298 e. The zero-order valence-electron chi connectivity index (χ0n) is 8.82. The molecule has 3 nitrogen and oxygen atoms in total. The standard InChI is InChI=1S/C11H10F2O3S/c12-9-4-3-8(5-10(9)13)17(15,16)6-11(14)7-1-2-7/h3-5,7H,1-2,6H2. The molecule has 1 aliphatic carbocycles. The summed E-state index contributed by atoms with van der Waals surface area (Å²) in [7, 11) is -3.86. The summed E-state index contributed by atoms with van der Waals surface area (Å²) in [4.78, 5) is 11.0. The molecule has 1 aromatic carbocycles. The Bertz CT molecular complexity index is 562. The van der Waals surface area contributed by atoms with Crippen molar-refractivity contribution in [3.63, 3.8) is 0 Å². The van der Waals surface area contributed by atoms with E-state index in [9.17, 15) is 22.0 Å². The first-order chi connectivity index (χ1) is 7.90. The molecule has 0 bridgehead atoms. The van der Waals surface area contributed by atoms with Crippen LogP contribution in [0, 0.1) is 17.6 Å². The van der Waals surface area contributed by atoms with E-state index in [2.05, 4.69) is 0 Å². The molecule has 0 aromatic heterocycles. The van der Waals surface area contributed by atoms with Crippen molar-refractivity contribution in [3.8, 4) is 0 Å². The van der Waals surface area contributed by atoms with Crippen molar-refractivity contribution in [3.05, 3.63) is 29.8 Å². The number of rotatable bonds is 4. The normalized spacial score (nSPS) is 15.9. The second-order valence-corrected chi connectivity index (χ2v) is 6.07. The maximum absolute atomic E-state index is 12.9. The average molecular weight is 260 g/mol. The first-order valence-electron chi connectivity index (χ1n) is 5.10. The Hall–Kier alpha value is -1.30. The second kappa shape index (κ2) is 4.18. The number of benzene rings is 1. The van der Waals surface area contributed by atoms with E-state index in [-0.39, 0.29) is 16.6 Å². The third-order valence-corrected chi connectivity index (χ3v) is 4.25. The zero-order valence-corrected chi connectivity index (χ0v) is 9.64. The summed E-state index contributed by atoms with van der Waals surface area (Å²) >= 11 is 0. The van der Waals surface area contributed by atoms with Crippen molar-refractivity contribution in [1.29, 1.82) is 0 Å². The smallest absolute Gasteiger partial charge is 0.185 e. The van der Waals surface area contributed by atoms with Crippen molar-refractivity contribution in [2.45, 2.75) is 17.7 Å². The summed E-state index contributed by atoms with van der Waals surface area (Å²) in [6.07, 6.45) is 1.43. The molecule has 1 aliphatic rings. The second-order valence-electron chi connectivity index (χ2n) is 4.08. The number of hydrogen-bond acceptors (Lipinski definition) is 3. The van der Waals surface area contributed by atoms with Crippen LogP contribution >= 0.6 is 0 Å². The molecule has 0 N–H and O–H groups in total. The molecule has 1 fully saturated rings. The summed E-state index contributed by atoms with van der Waals surface area (Å²) in [5.41, 5.74) is 0. The van der Waals surface area contributed by atoms with Crippen molar-refractivity contribution in [2.75, 3.05) is 5.75 Å². The highest BCUT2D eigenvalue weighted by Crippen LogP contribution is 2.31. The van der Waals surface area contributed by atoms with Gasteiger partial charge in [-0.2, -0.15) is 0 Å². The van der Waals surface area contributed by atoms with Gasteiger partial charge in [-0.3, -0.25) is 4.79 Å². The molecule has 0 atom stereocenters. The van der Waals surface area contributed by atoms with E-state index in [1.54, 1.807) is 0 Å². The van der Waals surface area contributed by atoms with Gasteiger partial charge in [0.2, 0.25) is 0 Å². The van der Waals surface area contributed by atoms with Crippen LogP contribution in [0.2, 0.25) is 0 Å². The molecule has 0 radical (unpaired) electrons. The average Bonchev–Trinajstić information content (AvgIpc) is 3.04. The fraction of sp³-hybridized carbons (Fsp3) is 0.364. The third-order valence-electron chi connectivity index (χ3n) is 2.62. The molecule has 6 heteroatoms. The fourth-order valence-corrected chi connectivity index (χ4v) is 2.80. The number of carbonyl (C=O) groups is 1. The number of halogens is 2. The van der Waals surface area contributed by atoms with Crippen LogP contribution in [0.1, 0.15) is 12.8 Å². The van der Waals surface area contributed by atoms with Gasteiger partial charge in [0.1, 0.15) is 5.75 Å². The number of carbonyl (C=O) groups excluding carboxylic acids is 1. The van der Waals surface area contributed by atoms with E-state index in [1.165, 1.54) is 0 Å². The highest BCUT2D eigenvalue weighted by Gasteiger charge is 2.33. The lowest BCUT2D eigenvalue weighted by atomic mass is 10.3. The molecule has 0 amide bonds. The number of hydrogen-bond donors (Lipinski definition) is 0. The van der Waals surface area contributed by atoms with Crippen molar-refractivity contribution in [1.82, 2.24) is 0 Å². The van der Waals surface area contributed by atoms with Gasteiger partial charge in [-0.05, 0) is 31.0 Å². The van der Waals surface area contributed by atoms with Gasteiger partial charge in [0, 0.05) is 5.92 Å². The molecule has 0 heterocycles. The lowest BCUT2D eigenvalue weighted by Crippen LogP contribution is -2.17. The van der Waals surface area contributed by atoms with Crippen molar-refractivity contribution >= 4 is 15.6 Å². The number of Topliss-reactive ketones (excluding diaryl/α,β-unsaturated/α-hetero) is 1. The lowest BCUT2D eigenvalue weighted by molar-refractivity contribution is -0.117. The van der Waals surface area contributed by atoms with Crippen molar-refractivity contribution < 1.29 is 22.0 Å². The highest BCUT2D eigenvalue weighted by atomic mass is 32.2. The predicted octanol–water partition coefficient (Wildman–Crippen LogP) is 1.72. The Labute approximate surface area is 97.4 Å². The summed E-state index contributed by atoms with van der Waals surface area (Å²) in [5, 5.41) is 0. The monoisotopic (exact) mass is 260 g/mol. The summed E-state index contributed by atoms with van der Waals surface area (Å²) in [6, 6.07) is 2.31. The quantitative estimate of drug-likeness (QED) is 0.774. The molecule has 0 unspecified atom stereocenters. The lowest BCUT2D eigenvalue weighted by Gasteiger charge is -2.03. The van der Waals surface area contributed by atoms with E-state index in [1.807, 2.05) is 0 Å². The summed E-state index contributed by atoms with van der Waals surface area (Å²) < 4.78 is 49.0. The van der Waals surface area contributed by atoms with Gasteiger partial charge in [0.25, 0.3) is 0 Å². The minimum Gasteiger partial charge on any atom is -0.298 e. The van der Waals surface area contributed by atoms with Gasteiger partial charge in [-0.1, -0.05) is 0 Å². The molecule has 1 saturated carbocycles. The predicted molar refractivity (Wildman–Crippen MR) is 56.1 cm³/mol. The Morgan fingerprint density at radius 1 is 1.24 bits per heavy atom. The number of ketones is 1. The van der Waals surface area contributed by atoms with Gasteiger partial charge in [0.05, 0.1) is 4.90 Å². The van der Waals surface area contributed by atoms with E-state index in [0.717, 1.165) is 12.1 Å². The Balaban J connectivity index is 2.24. The third kappa shape index (κ3) is 2.69. The zero-order chi connectivity index (χ0) is 12.6. The van der Waals surface area contributed by atoms with Crippen LogP contribution in [0.3, 0.4) is 0 Å². The minimum atomic E-state index is -3.86. The molecular weight excluding hydrogens is 250 g/mol. The van der Waals surface area contributed by atoms with Crippen LogP contribution in [0.4, 0.5) is 8.78 Å². The van der Waals surface area contributed by atoms with Crippen molar-refractivity contribution in [2.24, 2.45) is 5.92 Å². The molecule has 17 heavy (non-hydrogen) atoms. The summed E-state index contributed by atoms with van der Waals surface area (Å²) in [5.74, 6) is -3.50. The Morgan fingerprint density at radius 3 is 2.41 bits per heavy atom. The van der Waals surface area contributed by atoms with Gasteiger partial charge >= 0.3 is 0 Å². The van der Waals surface area contributed by atoms with Gasteiger partial charge in [0.15, 0.2) is 27.3 Å². The fourth-order valence-electron chi connectivity index (χ4n) is 1.46. The first-order valence-corrected chi connectivity index (χ1v) is 6.76. The van der Waals surface area contributed by atoms with Crippen LogP contribution < -0.4 is 0 Å². The van der Waals surface area contributed by atoms with Crippen LogP contribution in [-0.4, -0.2) is 20.0 Å². The van der Waals surface area contributed by atoms with Gasteiger partial charge < -0.3 is 0 Å². The van der Waals surface area contributed by atoms with E-state index < -0.39 is 27.2 Å². The minimum absolute atomic E-state index is 0.171. The topological polar surface area (TPSA) is 51.2 Å². The van der Waals surface area contributed by atoms with Crippen LogP contribution in [-0.2, 0) is 14.6 Å². The van der Waals surface area contributed by atoms with E-state index in [0.29, 0.717) is 18.9 Å². The molecule has 92 valence electrons. The van der Waals surface area contributed by atoms with Crippen LogP contribution in [0.15, 0.2) is 23.1 Å². The first kappa shape index (κ1) is 12.2. The van der Waals surface area contributed by atoms with Crippen LogP contribution in [0.25, 0.3) is 0 Å². The van der Waals surface area contributed by atoms with Crippen LogP contribution in [0.5, 0.6) is 0 Å². The van der Waals surface area contributed by atoms with E-state index >= 15 is 0 Å². The van der Waals surface area contributed by atoms with Gasteiger partial charge in [-0.25, -0.2) is 17.2 Å². The molecule has 2 rings (SSSR count). The maximum Gasteiger partial charge on any atom is 0.185 e. The Morgan fingerprint density at radius 2 is 1.88 bits per heavy atom. The Kier molecular flexibility index (Phi) is 2.99. The summed E-state index contributed by atoms with van der Waals surface area (Å²) in [6.45, 7) is 0. The molecule has 0 spiro atoms. The molecule has 1 aromatic rings.